The van der Waals surface area contributed by atoms with Crippen LogP contribution in [-0.2, 0) is 4.32 Å². The van der Waals surface area contributed by atoms with Crippen molar-refractivity contribution in [2.24, 2.45) is 0 Å². The lowest BCUT2D eigenvalue weighted by molar-refractivity contribution is 0.953. The molecule has 0 bridgehead atoms. The smallest absolute Gasteiger partial charge is 0.146 e. The molecule has 0 atom stereocenters. The Labute approximate surface area is 73.2 Å². The van der Waals surface area contributed by atoms with Gasteiger partial charge < -0.3 is 5.73 Å². The number of anilines is 1. The Hall–Kier alpha value is -0.640. The van der Waals surface area contributed by atoms with E-state index in [2.05, 4.69) is 25.9 Å². The van der Waals surface area contributed by atoms with Gasteiger partial charge in [-0.15, -0.1) is 0 Å². The zero-order valence-corrected chi connectivity index (χ0v) is 7.50. The molecule has 3 nitrogen and oxygen atoms in total. The molecule has 0 unspecified atom stereocenters. The quantitative estimate of drug-likeness (QED) is 0.719. The van der Waals surface area contributed by atoms with Crippen LogP contribution in [0.2, 0.25) is 0 Å². The number of aromatic nitrogens is 2. The van der Waals surface area contributed by atoms with Crippen LogP contribution in [0.25, 0.3) is 0 Å². The van der Waals surface area contributed by atoms with Crippen molar-refractivity contribution in [3.63, 3.8) is 0 Å². The van der Waals surface area contributed by atoms with E-state index in [1.165, 1.54) is 0 Å². The van der Waals surface area contributed by atoms with Gasteiger partial charge in [0.05, 0.1) is 10.0 Å². The number of alkyl halides is 1. The van der Waals surface area contributed by atoms with Gasteiger partial charge in [0, 0.05) is 12.4 Å². The Morgan fingerprint density at radius 3 is 2.55 bits per heavy atom. The van der Waals surface area contributed by atoms with Crippen LogP contribution in [0.5, 0.6) is 0 Å². The molecule has 1 aromatic heterocycles. The normalized spacial score (nSPS) is 19.7. The molecule has 0 aromatic carbocycles. The summed E-state index contributed by atoms with van der Waals surface area (Å²) in [6.45, 7) is 0. The second-order valence-corrected chi connectivity index (χ2v) is 4.27. The van der Waals surface area contributed by atoms with Crippen LogP contribution in [0.3, 0.4) is 0 Å². The Bertz CT molecular complexity index is 283. The highest BCUT2D eigenvalue weighted by molar-refractivity contribution is 9.09. The molecule has 0 amide bonds. The summed E-state index contributed by atoms with van der Waals surface area (Å²) in [6.07, 6.45) is 5.50. The summed E-state index contributed by atoms with van der Waals surface area (Å²) in [4.78, 5) is 8.15. The molecule has 2 rings (SSSR count). The molecule has 0 aliphatic heterocycles. The lowest BCUT2D eigenvalue weighted by atomic mass is 10.3. The first kappa shape index (κ1) is 7.03. The van der Waals surface area contributed by atoms with Crippen molar-refractivity contribution in [2.75, 3.05) is 5.73 Å². The van der Waals surface area contributed by atoms with Crippen LogP contribution in [-0.4, -0.2) is 9.97 Å². The number of nitrogens with two attached hydrogens (primary N) is 1. The minimum absolute atomic E-state index is 0.0470. The fourth-order valence-corrected chi connectivity index (χ4v) is 1.54. The van der Waals surface area contributed by atoms with Gasteiger partial charge in [0.1, 0.15) is 5.82 Å². The van der Waals surface area contributed by atoms with E-state index in [1.54, 1.807) is 12.4 Å². The van der Waals surface area contributed by atoms with E-state index in [0.29, 0.717) is 5.82 Å². The molecule has 0 spiro atoms. The number of hydrogen-bond acceptors (Lipinski definition) is 3. The largest absolute Gasteiger partial charge is 0.382 e. The van der Waals surface area contributed by atoms with Crippen molar-refractivity contribution in [3.8, 4) is 0 Å². The summed E-state index contributed by atoms with van der Waals surface area (Å²) in [7, 11) is 0. The van der Waals surface area contributed by atoms with Crippen molar-refractivity contribution < 1.29 is 0 Å². The van der Waals surface area contributed by atoms with Crippen LogP contribution in [0.4, 0.5) is 5.82 Å². The highest BCUT2D eigenvalue weighted by Crippen LogP contribution is 2.54. The molecule has 1 fully saturated rings. The van der Waals surface area contributed by atoms with Gasteiger partial charge in [-0.1, -0.05) is 15.9 Å². The average molecular weight is 214 g/mol. The zero-order valence-electron chi connectivity index (χ0n) is 5.92. The lowest BCUT2D eigenvalue weighted by Crippen LogP contribution is -2.06. The average Bonchev–Trinajstić information content (AvgIpc) is 2.70. The summed E-state index contributed by atoms with van der Waals surface area (Å²) < 4.78 is 0.0470. The molecular formula is C7H8BrN3. The Morgan fingerprint density at radius 2 is 2.00 bits per heavy atom. The van der Waals surface area contributed by atoms with Crippen molar-refractivity contribution >= 4 is 21.7 Å². The molecule has 1 saturated carbocycles. The third-order valence-corrected chi connectivity index (χ3v) is 3.01. The topological polar surface area (TPSA) is 51.8 Å². The van der Waals surface area contributed by atoms with Crippen LogP contribution < -0.4 is 5.73 Å². The maximum Gasteiger partial charge on any atom is 0.146 e. The first-order valence-corrected chi connectivity index (χ1v) is 4.27. The van der Waals surface area contributed by atoms with Gasteiger partial charge in [-0.3, -0.25) is 4.98 Å². The molecule has 2 N–H and O–H groups in total. The molecule has 0 radical (unpaired) electrons. The van der Waals surface area contributed by atoms with E-state index in [9.17, 15) is 0 Å². The molecule has 58 valence electrons. The first-order chi connectivity index (χ1) is 5.22. The fourth-order valence-electron chi connectivity index (χ4n) is 1.04. The summed E-state index contributed by atoms with van der Waals surface area (Å²) in [6, 6.07) is 0. The maximum absolute atomic E-state index is 5.64. The minimum Gasteiger partial charge on any atom is -0.382 e. The monoisotopic (exact) mass is 213 g/mol. The minimum atomic E-state index is 0.0470. The molecular weight excluding hydrogens is 206 g/mol. The maximum atomic E-state index is 5.64. The van der Waals surface area contributed by atoms with Gasteiger partial charge in [0.15, 0.2) is 0 Å². The van der Waals surface area contributed by atoms with Gasteiger partial charge in [-0.05, 0) is 12.8 Å². The fraction of sp³-hybridized carbons (Fsp3) is 0.429. The third kappa shape index (κ3) is 1.11. The van der Waals surface area contributed by atoms with E-state index in [4.69, 9.17) is 5.73 Å². The lowest BCUT2D eigenvalue weighted by Gasteiger charge is -2.06. The van der Waals surface area contributed by atoms with E-state index >= 15 is 0 Å². The van der Waals surface area contributed by atoms with E-state index in [0.717, 1.165) is 18.5 Å². The van der Waals surface area contributed by atoms with E-state index < -0.39 is 0 Å². The van der Waals surface area contributed by atoms with Gasteiger partial charge >= 0.3 is 0 Å². The predicted octanol–water partition coefficient (Wildman–Crippen LogP) is 1.44. The molecule has 1 aliphatic carbocycles. The Balaban J connectivity index is 2.45. The zero-order chi connectivity index (χ0) is 7.90. The van der Waals surface area contributed by atoms with E-state index in [1.807, 2.05) is 0 Å². The third-order valence-electron chi connectivity index (χ3n) is 1.84. The van der Waals surface area contributed by atoms with Gasteiger partial charge in [-0.25, -0.2) is 4.98 Å². The van der Waals surface area contributed by atoms with Gasteiger partial charge in [-0.2, -0.15) is 0 Å². The summed E-state index contributed by atoms with van der Waals surface area (Å²) in [5, 5.41) is 0. The Morgan fingerprint density at radius 1 is 1.36 bits per heavy atom. The highest BCUT2D eigenvalue weighted by atomic mass is 79.9. The van der Waals surface area contributed by atoms with Crippen molar-refractivity contribution in [1.29, 1.82) is 0 Å². The number of halogens is 1. The predicted molar refractivity (Wildman–Crippen MR) is 46.3 cm³/mol. The Kier molecular flexibility index (Phi) is 1.39. The van der Waals surface area contributed by atoms with Crippen LogP contribution in [0.15, 0.2) is 12.4 Å². The van der Waals surface area contributed by atoms with Crippen molar-refractivity contribution in [2.45, 2.75) is 17.2 Å². The number of nitrogens with zero attached hydrogens (tertiary/aromatic N) is 2. The van der Waals surface area contributed by atoms with Crippen LogP contribution in [0, 0.1) is 0 Å². The molecule has 11 heavy (non-hydrogen) atoms. The second kappa shape index (κ2) is 2.17. The summed E-state index contributed by atoms with van der Waals surface area (Å²) in [5.74, 6) is 0.543. The summed E-state index contributed by atoms with van der Waals surface area (Å²) >= 11 is 3.57. The van der Waals surface area contributed by atoms with Crippen molar-refractivity contribution in [3.05, 3.63) is 18.1 Å². The van der Waals surface area contributed by atoms with Gasteiger partial charge in [0.25, 0.3) is 0 Å². The van der Waals surface area contributed by atoms with Crippen LogP contribution >= 0.6 is 15.9 Å². The SMILES string of the molecule is Nc1nccnc1C1(Br)CC1. The molecule has 0 saturated heterocycles. The van der Waals surface area contributed by atoms with Crippen molar-refractivity contribution in [1.82, 2.24) is 9.97 Å². The van der Waals surface area contributed by atoms with Gasteiger partial charge in [0.2, 0.25) is 0 Å². The molecule has 4 heteroatoms. The molecule has 1 heterocycles. The van der Waals surface area contributed by atoms with E-state index in [-0.39, 0.29) is 4.32 Å². The number of nitrogen functional groups attached to an aromatic ring is 1. The first-order valence-electron chi connectivity index (χ1n) is 3.48. The number of rotatable bonds is 1. The highest BCUT2D eigenvalue weighted by Gasteiger charge is 2.44. The molecule has 1 aliphatic rings. The second-order valence-electron chi connectivity index (χ2n) is 2.76. The molecule has 1 aromatic rings. The number of hydrogen-bond donors (Lipinski definition) is 1. The van der Waals surface area contributed by atoms with Crippen LogP contribution in [0.1, 0.15) is 18.5 Å². The summed E-state index contributed by atoms with van der Waals surface area (Å²) in [5.41, 5.74) is 6.53. The standard InChI is InChI=1S/C7H8BrN3/c8-7(1-2-7)5-6(9)11-4-3-10-5/h3-4H,1-2H2,(H2,9,11).